The van der Waals surface area contributed by atoms with Crippen molar-refractivity contribution >= 4 is 5.91 Å². The topological polar surface area (TPSA) is 81.3 Å². The summed E-state index contributed by atoms with van der Waals surface area (Å²) < 4.78 is 6.35. The molecular weight excluding hydrogens is 388 g/mol. The number of piperidine rings is 1. The molecule has 5 rings (SSSR count). The minimum Gasteiger partial charge on any atom is -0.368 e. The van der Waals surface area contributed by atoms with Gasteiger partial charge in [-0.15, -0.1) is 0 Å². The number of benzene rings is 2. The fourth-order valence-corrected chi connectivity index (χ4v) is 4.60. The zero-order valence-corrected chi connectivity index (χ0v) is 17.5. The average molecular weight is 415 g/mol. The van der Waals surface area contributed by atoms with E-state index in [4.69, 9.17) is 15.5 Å². The Labute approximate surface area is 182 Å². The van der Waals surface area contributed by atoms with Gasteiger partial charge in [0.25, 0.3) is 5.91 Å². The van der Waals surface area contributed by atoms with Crippen LogP contribution in [0.4, 0.5) is 0 Å². The van der Waals surface area contributed by atoms with Crippen LogP contribution in [0.1, 0.15) is 40.0 Å². The highest BCUT2D eigenvalue weighted by molar-refractivity contribution is 5.94. The molecule has 0 aliphatic carbocycles. The van der Waals surface area contributed by atoms with Crippen LogP contribution in [0.25, 0.3) is 11.4 Å². The molecule has 3 aromatic rings. The van der Waals surface area contributed by atoms with Gasteiger partial charge in [0, 0.05) is 37.0 Å². The number of ether oxygens (including phenoxy) is 1. The summed E-state index contributed by atoms with van der Waals surface area (Å²) in [4.78, 5) is 24.5. The minimum atomic E-state index is -0.448. The Morgan fingerprint density at radius 3 is 2.68 bits per heavy atom. The number of rotatable bonds is 3. The van der Waals surface area contributed by atoms with Crippen molar-refractivity contribution in [2.75, 3.05) is 19.7 Å². The molecule has 1 aromatic heterocycles. The predicted octanol–water partition coefficient (Wildman–Crippen LogP) is 3.31. The Balaban J connectivity index is 1.39. The molecule has 2 aliphatic heterocycles. The molecule has 3 heterocycles. The second-order valence-corrected chi connectivity index (χ2v) is 8.22. The van der Waals surface area contributed by atoms with Gasteiger partial charge >= 0.3 is 0 Å². The first-order valence-electron chi connectivity index (χ1n) is 10.8. The van der Waals surface area contributed by atoms with Gasteiger partial charge in [0.05, 0.1) is 12.3 Å². The smallest absolute Gasteiger partial charge is 0.253 e. The van der Waals surface area contributed by atoms with Gasteiger partial charge < -0.3 is 15.4 Å². The van der Waals surface area contributed by atoms with Crippen molar-refractivity contribution in [2.45, 2.75) is 31.4 Å². The molecule has 1 spiro atoms. The maximum Gasteiger partial charge on any atom is 0.253 e. The number of nitrogens with zero attached hydrogens (tertiary/aromatic N) is 3. The summed E-state index contributed by atoms with van der Waals surface area (Å²) in [5, 5.41) is 0. The lowest BCUT2D eigenvalue weighted by molar-refractivity contribution is -0.0967. The summed E-state index contributed by atoms with van der Waals surface area (Å²) in [6, 6.07) is 17.6. The molecule has 2 aromatic carbocycles. The van der Waals surface area contributed by atoms with Gasteiger partial charge in [0.15, 0.2) is 5.82 Å². The van der Waals surface area contributed by atoms with Crippen LogP contribution in [-0.2, 0) is 23.3 Å². The fourth-order valence-electron chi connectivity index (χ4n) is 4.60. The number of likely N-dealkylation sites (tertiary alicyclic amines) is 1. The van der Waals surface area contributed by atoms with Gasteiger partial charge in [-0.1, -0.05) is 42.5 Å². The first-order valence-corrected chi connectivity index (χ1v) is 10.8. The highest BCUT2D eigenvalue weighted by Gasteiger charge is 2.43. The summed E-state index contributed by atoms with van der Waals surface area (Å²) in [7, 11) is 0. The van der Waals surface area contributed by atoms with Gasteiger partial charge in [0.1, 0.15) is 5.60 Å². The molecule has 0 radical (unpaired) electrons. The van der Waals surface area contributed by atoms with Gasteiger partial charge in [-0.3, -0.25) is 4.79 Å². The molecule has 2 N–H and O–H groups in total. The molecule has 1 saturated heterocycles. The van der Waals surface area contributed by atoms with Crippen molar-refractivity contribution in [3.05, 3.63) is 83.2 Å². The van der Waals surface area contributed by atoms with E-state index >= 15 is 0 Å². The van der Waals surface area contributed by atoms with E-state index in [1.54, 1.807) is 0 Å². The molecular formula is C25H26N4O2. The monoisotopic (exact) mass is 414 g/mol. The number of carbonyl (C=O) groups is 1. The van der Waals surface area contributed by atoms with Crippen LogP contribution in [-0.4, -0.2) is 40.5 Å². The summed E-state index contributed by atoms with van der Waals surface area (Å²) in [6.45, 7) is 2.36. The average Bonchev–Trinajstić information content (AvgIpc) is 2.85. The Morgan fingerprint density at radius 2 is 1.90 bits per heavy atom. The summed E-state index contributed by atoms with van der Waals surface area (Å²) >= 11 is 0. The lowest BCUT2D eigenvalue weighted by Gasteiger charge is -2.44. The van der Waals surface area contributed by atoms with E-state index in [0.717, 1.165) is 47.5 Å². The van der Waals surface area contributed by atoms with E-state index in [1.165, 1.54) is 0 Å². The fraction of sp³-hybridized carbons (Fsp3) is 0.320. The number of hydrogen-bond acceptors (Lipinski definition) is 5. The van der Waals surface area contributed by atoms with Gasteiger partial charge in [0.2, 0.25) is 0 Å². The number of nitrogens with two attached hydrogens (primary N) is 1. The molecule has 2 aliphatic rings. The zero-order chi connectivity index (χ0) is 21.3. The van der Waals surface area contributed by atoms with Crippen molar-refractivity contribution in [2.24, 2.45) is 5.73 Å². The Hall–Kier alpha value is -3.09. The molecule has 0 unspecified atom stereocenters. The number of aromatic nitrogens is 2. The van der Waals surface area contributed by atoms with Crippen LogP contribution in [0.2, 0.25) is 0 Å². The molecule has 1 amide bonds. The van der Waals surface area contributed by atoms with Gasteiger partial charge in [-0.05, 0) is 42.5 Å². The van der Waals surface area contributed by atoms with Crippen molar-refractivity contribution in [1.82, 2.24) is 14.9 Å². The minimum absolute atomic E-state index is 0.0499. The van der Waals surface area contributed by atoms with Crippen LogP contribution < -0.4 is 5.73 Å². The highest BCUT2D eigenvalue weighted by Crippen LogP contribution is 2.41. The second kappa shape index (κ2) is 8.21. The molecule has 0 bridgehead atoms. The van der Waals surface area contributed by atoms with E-state index in [2.05, 4.69) is 4.98 Å². The molecule has 31 heavy (non-hydrogen) atoms. The van der Waals surface area contributed by atoms with Gasteiger partial charge in [-0.2, -0.15) is 0 Å². The lowest BCUT2D eigenvalue weighted by Crippen LogP contribution is -2.49. The lowest BCUT2D eigenvalue weighted by atomic mass is 9.83. The van der Waals surface area contributed by atoms with Crippen molar-refractivity contribution in [3.63, 3.8) is 0 Å². The predicted molar refractivity (Wildman–Crippen MR) is 118 cm³/mol. The molecule has 6 heteroatoms. The number of carbonyl (C=O) groups excluding carboxylic acids is 1. The summed E-state index contributed by atoms with van der Waals surface area (Å²) in [6.07, 6.45) is 4.23. The standard InChI is InChI=1S/C25H26N4O2/c26-16-18-5-4-8-20(15-18)24(30)29-12-10-25(11-13-29)22-21(9-14-31-25)17-27-23(28-22)19-6-2-1-3-7-19/h1-8,15,17H,9-14,16,26H2. The SMILES string of the molecule is NCc1cccc(C(=O)N2CCC3(CC2)OCCc2cnc(-c4ccccc4)nc23)c1. The molecule has 0 atom stereocenters. The van der Waals surface area contributed by atoms with E-state index in [1.807, 2.05) is 65.7 Å². The summed E-state index contributed by atoms with van der Waals surface area (Å²) in [5.74, 6) is 0.773. The zero-order valence-electron chi connectivity index (χ0n) is 17.5. The van der Waals surface area contributed by atoms with Crippen molar-refractivity contribution in [1.29, 1.82) is 0 Å². The third-order valence-electron chi connectivity index (χ3n) is 6.35. The van der Waals surface area contributed by atoms with E-state index < -0.39 is 5.60 Å². The highest BCUT2D eigenvalue weighted by atomic mass is 16.5. The van der Waals surface area contributed by atoms with E-state index in [-0.39, 0.29) is 5.91 Å². The van der Waals surface area contributed by atoms with Crippen molar-refractivity contribution < 1.29 is 9.53 Å². The van der Waals surface area contributed by atoms with Crippen LogP contribution in [0.5, 0.6) is 0 Å². The van der Waals surface area contributed by atoms with E-state index in [9.17, 15) is 4.79 Å². The molecule has 0 saturated carbocycles. The van der Waals surface area contributed by atoms with E-state index in [0.29, 0.717) is 31.8 Å². The van der Waals surface area contributed by atoms with Crippen LogP contribution in [0, 0.1) is 0 Å². The van der Waals surface area contributed by atoms with Crippen molar-refractivity contribution in [3.8, 4) is 11.4 Å². The quantitative estimate of drug-likeness (QED) is 0.711. The van der Waals surface area contributed by atoms with Crippen LogP contribution >= 0.6 is 0 Å². The van der Waals surface area contributed by atoms with Gasteiger partial charge in [-0.25, -0.2) is 9.97 Å². The Bertz CT molecular complexity index is 1090. The molecule has 158 valence electrons. The maximum absolute atomic E-state index is 13.0. The number of fused-ring (bicyclic) bond motifs is 2. The summed E-state index contributed by atoms with van der Waals surface area (Å²) in [5.41, 5.74) is 10.1. The molecule has 6 nitrogen and oxygen atoms in total. The van der Waals surface area contributed by atoms with Crippen LogP contribution in [0.15, 0.2) is 60.8 Å². The number of hydrogen-bond donors (Lipinski definition) is 1. The van der Waals surface area contributed by atoms with Crippen LogP contribution in [0.3, 0.4) is 0 Å². The second-order valence-electron chi connectivity index (χ2n) is 8.22. The normalized spacial score (nSPS) is 17.4. The Morgan fingerprint density at radius 1 is 1.10 bits per heavy atom. The number of amides is 1. The Kier molecular flexibility index (Phi) is 5.26. The molecule has 1 fully saturated rings. The maximum atomic E-state index is 13.0. The largest absolute Gasteiger partial charge is 0.368 e. The third kappa shape index (κ3) is 3.73. The third-order valence-corrected chi connectivity index (χ3v) is 6.35. The first kappa shape index (κ1) is 19.8. The first-order chi connectivity index (χ1) is 15.2.